The number of nitrogens with zero attached hydrogens (tertiary/aromatic N) is 1. The van der Waals surface area contributed by atoms with Crippen LogP contribution in [0.4, 0.5) is 0 Å². The maximum absolute atomic E-state index is 12.6. The Balaban J connectivity index is 1.74. The number of hydrogen-bond donors (Lipinski definition) is 0. The zero-order valence-corrected chi connectivity index (χ0v) is 12.0. The van der Waals surface area contributed by atoms with Crippen LogP contribution in [0.25, 0.3) is 0 Å². The van der Waals surface area contributed by atoms with Crippen molar-refractivity contribution in [3.63, 3.8) is 0 Å². The second-order valence-electron chi connectivity index (χ2n) is 5.28. The van der Waals surface area contributed by atoms with Crippen molar-refractivity contribution in [1.82, 2.24) is 4.90 Å². The third-order valence-electron chi connectivity index (χ3n) is 3.64. The molecule has 2 aliphatic rings. The molecule has 0 N–H and O–H groups in total. The van der Waals surface area contributed by atoms with Crippen LogP contribution < -0.4 is 4.74 Å². The average Bonchev–Trinajstić information content (AvgIpc) is 3.23. The minimum atomic E-state index is 0.00919. The average molecular weight is 277 g/mol. The van der Waals surface area contributed by atoms with Gasteiger partial charge < -0.3 is 4.74 Å². The highest BCUT2D eigenvalue weighted by molar-refractivity contribution is 7.99. The van der Waals surface area contributed by atoms with E-state index in [1.807, 2.05) is 43.1 Å². The molecule has 0 radical (unpaired) electrons. The van der Waals surface area contributed by atoms with Gasteiger partial charge in [0.05, 0.1) is 12.1 Å². The summed E-state index contributed by atoms with van der Waals surface area (Å²) >= 11 is 1.86. The number of carbonyl (C=O) groups excluding carboxylic acids is 1. The predicted octanol–water partition coefficient (Wildman–Crippen LogP) is 2.46. The third kappa shape index (κ3) is 3.12. The van der Waals surface area contributed by atoms with Crippen LogP contribution in [-0.4, -0.2) is 47.9 Å². The molecule has 1 aromatic carbocycles. The van der Waals surface area contributed by atoms with Gasteiger partial charge in [0, 0.05) is 23.6 Å². The lowest BCUT2D eigenvalue weighted by molar-refractivity contribution is 0.0874. The summed E-state index contributed by atoms with van der Waals surface area (Å²) in [5.41, 5.74) is 0.775. The molecule has 1 aromatic rings. The van der Waals surface area contributed by atoms with Crippen LogP contribution in [-0.2, 0) is 0 Å². The summed E-state index contributed by atoms with van der Waals surface area (Å²) < 4.78 is 5.76. The van der Waals surface area contributed by atoms with E-state index in [0.717, 1.165) is 42.2 Å². The molecule has 3 nitrogen and oxygen atoms in total. The molecule has 0 aromatic heterocycles. The number of thioether (sulfide) groups is 1. The van der Waals surface area contributed by atoms with E-state index >= 15 is 0 Å². The van der Waals surface area contributed by atoms with Crippen LogP contribution in [0, 0.1) is 0 Å². The van der Waals surface area contributed by atoms with Gasteiger partial charge in [-0.1, -0.05) is 12.1 Å². The van der Waals surface area contributed by atoms with E-state index in [2.05, 4.69) is 4.90 Å². The Labute approximate surface area is 118 Å². The molecule has 0 amide bonds. The fourth-order valence-corrected chi connectivity index (χ4v) is 3.47. The van der Waals surface area contributed by atoms with Crippen molar-refractivity contribution >= 4 is 17.5 Å². The first-order chi connectivity index (χ1) is 9.24. The van der Waals surface area contributed by atoms with Crippen molar-refractivity contribution < 1.29 is 9.53 Å². The maximum Gasteiger partial charge on any atom is 0.180 e. The quantitative estimate of drug-likeness (QED) is 0.791. The SMILES string of the molecule is CN1CCSCC1C(=O)c1cccc(OC2CC2)c1. The van der Waals surface area contributed by atoms with Gasteiger partial charge >= 0.3 is 0 Å². The molecular weight excluding hydrogens is 258 g/mol. The van der Waals surface area contributed by atoms with Crippen molar-refractivity contribution in [1.29, 1.82) is 0 Å². The van der Waals surface area contributed by atoms with Crippen LogP contribution in [0.15, 0.2) is 24.3 Å². The van der Waals surface area contributed by atoms with Crippen LogP contribution >= 0.6 is 11.8 Å². The second kappa shape index (κ2) is 5.55. The van der Waals surface area contributed by atoms with E-state index in [-0.39, 0.29) is 11.8 Å². The molecule has 1 aliphatic heterocycles. The van der Waals surface area contributed by atoms with E-state index in [1.54, 1.807) is 0 Å². The third-order valence-corrected chi connectivity index (χ3v) is 4.67. The normalized spacial score (nSPS) is 24.2. The molecule has 0 bridgehead atoms. The Morgan fingerprint density at radius 1 is 1.42 bits per heavy atom. The van der Waals surface area contributed by atoms with Crippen molar-refractivity contribution in [2.24, 2.45) is 0 Å². The number of benzene rings is 1. The largest absolute Gasteiger partial charge is 0.490 e. The zero-order valence-electron chi connectivity index (χ0n) is 11.2. The molecule has 19 heavy (non-hydrogen) atoms. The topological polar surface area (TPSA) is 29.5 Å². The molecule has 1 saturated carbocycles. The van der Waals surface area contributed by atoms with Gasteiger partial charge in [0.25, 0.3) is 0 Å². The minimum Gasteiger partial charge on any atom is -0.490 e. The van der Waals surface area contributed by atoms with Crippen molar-refractivity contribution in [2.45, 2.75) is 25.0 Å². The predicted molar refractivity (Wildman–Crippen MR) is 78.2 cm³/mol. The Morgan fingerprint density at radius 2 is 2.26 bits per heavy atom. The summed E-state index contributed by atoms with van der Waals surface area (Å²) in [6.07, 6.45) is 2.65. The highest BCUT2D eigenvalue weighted by Gasteiger charge is 2.28. The minimum absolute atomic E-state index is 0.00919. The van der Waals surface area contributed by atoms with E-state index in [1.165, 1.54) is 0 Å². The standard InChI is InChI=1S/C15H19NO2S/c1-16-7-8-19-10-14(16)15(17)11-3-2-4-13(9-11)18-12-5-6-12/h2-4,9,12,14H,5-8,10H2,1H3. The fraction of sp³-hybridized carbons (Fsp3) is 0.533. The highest BCUT2D eigenvalue weighted by atomic mass is 32.2. The summed E-state index contributed by atoms with van der Waals surface area (Å²) in [5, 5.41) is 0. The number of hydrogen-bond acceptors (Lipinski definition) is 4. The van der Waals surface area contributed by atoms with E-state index in [4.69, 9.17) is 4.74 Å². The van der Waals surface area contributed by atoms with Gasteiger partial charge in [-0.05, 0) is 32.0 Å². The Bertz CT molecular complexity index is 473. The van der Waals surface area contributed by atoms with Crippen molar-refractivity contribution in [2.75, 3.05) is 25.1 Å². The van der Waals surface area contributed by atoms with Crippen LogP contribution in [0.3, 0.4) is 0 Å². The maximum atomic E-state index is 12.6. The molecule has 1 atom stereocenters. The summed E-state index contributed by atoms with van der Waals surface area (Å²) in [5.74, 6) is 3.06. The molecule has 1 aliphatic carbocycles. The van der Waals surface area contributed by atoms with Gasteiger partial charge in [-0.3, -0.25) is 9.69 Å². The van der Waals surface area contributed by atoms with Gasteiger partial charge in [-0.25, -0.2) is 0 Å². The molecule has 0 spiro atoms. The number of carbonyl (C=O) groups is 1. The van der Waals surface area contributed by atoms with E-state index in [9.17, 15) is 4.79 Å². The first-order valence-electron chi connectivity index (χ1n) is 6.83. The van der Waals surface area contributed by atoms with Gasteiger partial charge in [0.1, 0.15) is 5.75 Å². The van der Waals surface area contributed by atoms with Crippen LogP contribution in [0.5, 0.6) is 5.75 Å². The van der Waals surface area contributed by atoms with Crippen molar-refractivity contribution in [3.8, 4) is 5.75 Å². The number of ether oxygens (including phenoxy) is 1. The first kappa shape index (κ1) is 13.0. The fourth-order valence-electron chi connectivity index (χ4n) is 2.26. The smallest absolute Gasteiger partial charge is 0.180 e. The summed E-state index contributed by atoms with van der Waals surface area (Å²) in [4.78, 5) is 14.7. The summed E-state index contributed by atoms with van der Waals surface area (Å²) in [6.45, 7) is 0.985. The van der Waals surface area contributed by atoms with Crippen LogP contribution in [0.1, 0.15) is 23.2 Å². The lowest BCUT2D eigenvalue weighted by atomic mass is 10.0. The summed E-state index contributed by atoms with van der Waals surface area (Å²) in [6, 6.07) is 7.66. The van der Waals surface area contributed by atoms with Gasteiger partial charge in [-0.15, -0.1) is 0 Å². The molecule has 102 valence electrons. The first-order valence-corrected chi connectivity index (χ1v) is 7.98. The molecule has 3 rings (SSSR count). The van der Waals surface area contributed by atoms with Gasteiger partial charge in [0.2, 0.25) is 0 Å². The van der Waals surface area contributed by atoms with Crippen LogP contribution in [0.2, 0.25) is 0 Å². The van der Waals surface area contributed by atoms with Crippen molar-refractivity contribution in [3.05, 3.63) is 29.8 Å². The number of Topliss-reactive ketones (excluding diaryl/α,β-unsaturated/α-hetero) is 1. The molecule has 1 unspecified atom stereocenters. The van der Waals surface area contributed by atoms with Gasteiger partial charge in [-0.2, -0.15) is 11.8 Å². The van der Waals surface area contributed by atoms with Gasteiger partial charge in [0.15, 0.2) is 5.78 Å². The molecule has 4 heteroatoms. The molecule has 1 heterocycles. The lowest BCUT2D eigenvalue weighted by Gasteiger charge is -2.30. The Morgan fingerprint density at radius 3 is 3.00 bits per heavy atom. The Kier molecular flexibility index (Phi) is 3.80. The van der Waals surface area contributed by atoms with E-state index in [0.29, 0.717) is 6.10 Å². The number of rotatable bonds is 4. The highest BCUT2D eigenvalue weighted by Crippen LogP contribution is 2.28. The Hall–Kier alpha value is -1.00. The molecule has 1 saturated heterocycles. The second-order valence-corrected chi connectivity index (χ2v) is 6.43. The van der Waals surface area contributed by atoms with E-state index < -0.39 is 0 Å². The molecular formula is C15H19NO2S. The number of likely N-dealkylation sites (N-methyl/N-ethyl adjacent to an activating group) is 1. The summed E-state index contributed by atoms with van der Waals surface area (Å²) in [7, 11) is 2.03. The number of ketones is 1. The monoisotopic (exact) mass is 277 g/mol. The zero-order chi connectivity index (χ0) is 13.2. The molecule has 2 fully saturated rings. The lowest BCUT2D eigenvalue weighted by Crippen LogP contribution is -2.44.